The number of hydrogen-bond donors (Lipinski definition) is 1. The van der Waals surface area contributed by atoms with Gasteiger partial charge in [0.2, 0.25) is 6.35 Å². The number of hydrogen-bond acceptors (Lipinski definition) is 4. The highest BCUT2D eigenvalue weighted by Crippen LogP contribution is 2.04. The molecule has 0 spiro atoms. The van der Waals surface area contributed by atoms with Gasteiger partial charge in [0.1, 0.15) is 6.34 Å². The van der Waals surface area contributed by atoms with E-state index >= 15 is 0 Å². The van der Waals surface area contributed by atoms with E-state index < -0.39 is 6.35 Å². The molecule has 0 amide bonds. The standard InChI is InChI=1S/C5H11N3O/c1-3-8-4-6-7(2)5(8)9/h4-5,9H,3H2,1-2H3. The van der Waals surface area contributed by atoms with E-state index in [0.717, 1.165) is 6.54 Å². The largest absolute Gasteiger partial charge is 0.355 e. The third-order valence-corrected chi connectivity index (χ3v) is 1.38. The van der Waals surface area contributed by atoms with Crippen molar-refractivity contribution in [3.63, 3.8) is 0 Å². The van der Waals surface area contributed by atoms with Crippen LogP contribution in [0.15, 0.2) is 5.10 Å². The zero-order chi connectivity index (χ0) is 6.85. The predicted octanol–water partition coefficient (Wildman–Crippen LogP) is -0.527. The van der Waals surface area contributed by atoms with Crippen molar-refractivity contribution in [1.82, 2.24) is 9.91 Å². The minimum Gasteiger partial charge on any atom is -0.355 e. The summed E-state index contributed by atoms with van der Waals surface area (Å²) in [7, 11) is 1.73. The van der Waals surface area contributed by atoms with Crippen LogP contribution in [-0.4, -0.2) is 41.3 Å². The first-order valence-electron chi connectivity index (χ1n) is 2.96. The van der Waals surface area contributed by atoms with E-state index in [1.54, 1.807) is 18.3 Å². The quantitative estimate of drug-likeness (QED) is 0.517. The molecule has 9 heavy (non-hydrogen) atoms. The Morgan fingerprint density at radius 3 is 2.67 bits per heavy atom. The lowest BCUT2D eigenvalue weighted by Crippen LogP contribution is -2.37. The molecular formula is C5H11N3O. The van der Waals surface area contributed by atoms with Crippen LogP contribution in [0.5, 0.6) is 0 Å². The summed E-state index contributed by atoms with van der Waals surface area (Å²) in [5.41, 5.74) is 0. The molecule has 52 valence electrons. The lowest BCUT2D eigenvalue weighted by molar-refractivity contribution is -0.0418. The van der Waals surface area contributed by atoms with Gasteiger partial charge in [-0.1, -0.05) is 0 Å². The lowest BCUT2D eigenvalue weighted by atomic mass is 10.6. The molecular weight excluding hydrogens is 118 g/mol. The van der Waals surface area contributed by atoms with Crippen LogP contribution in [0.4, 0.5) is 0 Å². The molecule has 0 radical (unpaired) electrons. The van der Waals surface area contributed by atoms with Crippen molar-refractivity contribution in [2.75, 3.05) is 13.6 Å². The molecule has 0 aromatic carbocycles. The molecule has 0 aromatic rings. The van der Waals surface area contributed by atoms with Crippen LogP contribution in [0.25, 0.3) is 0 Å². The highest BCUT2D eigenvalue weighted by molar-refractivity contribution is 5.56. The second-order valence-electron chi connectivity index (χ2n) is 1.98. The fourth-order valence-corrected chi connectivity index (χ4v) is 0.727. The normalized spacial score (nSPS) is 25.9. The van der Waals surface area contributed by atoms with E-state index in [2.05, 4.69) is 5.10 Å². The monoisotopic (exact) mass is 129 g/mol. The molecule has 4 nitrogen and oxygen atoms in total. The Bertz CT molecular complexity index is 125. The van der Waals surface area contributed by atoms with Gasteiger partial charge in [0.15, 0.2) is 0 Å². The molecule has 1 N–H and O–H groups in total. The van der Waals surface area contributed by atoms with Gasteiger partial charge in [-0.2, -0.15) is 5.10 Å². The van der Waals surface area contributed by atoms with Crippen molar-refractivity contribution >= 4 is 6.34 Å². The molecule has 0 aromatic heterocycles. The van der Waals surface area contributed by atoms with Gasteiger partial charge in [0, 0.05) is 13.6 Å². The molecule has 1 aliphatic heterocycles. The minimum absolute atomic E-state index is 0.560. The summed E-state index contributed by atoms with van der Waals surface area (Å²) >= 11 is 0. The second kappa shape index (κ2) is 2.23. The first-order valence-corrected chi connectivity index (χ1v) is 2.96. The lowest BCUT2D eigenvalue weighted by Gasteiger charge is -2.20. The predicted molar refractivity (Wildman–Crippen MR) is 34.6 cm³/mol. The Morgan fingerprint density at radius 1 is 1.78 bits per heavy atom. The van der Waals surface area contributed by atoms with Crippen LogP contribution in [0.2, 0.25) is 0 Å². The average molecular weight is 129 g/mol. The van der Waals surface area contributed by atoms with Crippen molar-refractivity contribution in [3.8, 4) is 0 Å². The molecule has 0 aliphatic carbocycles. The third-order valence-electron chi connectivity index (χ3n) is 1.38. The van der Waals surface area contributed by atoms with E-state index in [1.807, 2.05) is 6.92 Å². The number of rotatable bonds is 1. The maximum absolute atomic E-state index is 9.18. The third kappa shape index (κ3) is 0.977. The Labute approximate surface area is 54.4 Å². The van der Waals surface area contributed by atoms with Crippen LogP contribution in [0.3, 0.4) is 0 Å². The van der Waals surface area contributed by atoms with Gasteiger partial charge >= 0.3 is 0 Å². The van der Waals surface area contributed by atoms with Crippen LogP contribution in [0.1, 0.15) is 6.92 Å². The Kier molecular flexibility index (Phi) is 1.57. The molecule has 0 saturated carbocycles. The van der Waals surface area contributed by atoms with E-state index in [1.165, 1.54) is 5.01 Å². The van der Waals surface area contributed by atoms with Crippen LogP contribution in [-0.2, 0) is 0 Å². The van der Waals surface area contributed by atoms with Crippen LogP contribution >= 0.6 is 0 Å². The molecule has 0 saturated heterocycles. The van der Waals surface area contributed by atoms with E-state index in [0.29, 0.717) is 0 Å². The van der Waals surface area contributed by atoms with Gasteiger partial charge in [0.25, 0.3) is 0 Å². The molecule has 0 bridgehead atoms. The molecule has 1 unspecified atom stereocenters. The second-order valence-corrected chi connectivity index (χ2v) is 1.98. The minimum atomic E-state index is -0.560. The summed E-state index contributed by atoms with van der Waals surface area (Å²) in [6, 6.07) is 0. The topological polar surface area (TPSA) is 39.1 Å². The molecule has 1 heterocycles. The fraction of sp³-hybridized carbons (Fsp3) is 0.800. The first-order chi connectivity index (χ1) is 4.25. The Morgan fingerprint density at radius 2 is 2.44 bits per heavy atom. The summed E-state index contributed by atoms with van der Waals surface area (Å²) in [4.78, 5) is 1.74. The van der Waals surface area contributed by atoms with Crippen molar-refractivity contribution in [2.45, 2.75) is 13.3 Å². The maximum atomic E-state index is 9.18. The summed E-state index contributed by atoms with van der Waals surface area (Å²) in [5, 5.41) is 14.5. The summed E-state index contributed by atoms with van der Waals surface area (Å²) < 4.78 is 0. The van der Waals surface area contributed by atoms with Crippen molar-refractivity contribution in [1.29, 1.82) is 0 Å². The van der Waals surface area contributed by atoms with Gasteiger partial charge in [-0.05, 0) is 6.92 Å². The summed E-state index contributed by atoms with van der Waals surface area (Å²) in [5.74, 6) is 0. The maximum Gasteiger partial charge on any atom is 0.223 e. The van der Waals surface area contributed by atoms with Gasteiger partial charge in [0.05, 0.1) is 0 Å². The van der Waals surface area contributed by atoms with E-state index in [4.69, 9.17) is 0 Å². The van der Waals surface area contributed by atoms with Gasteiger partial charge < -0.3 is 10.0 Å². The molecule has 1 atom stereocenters. The number of hydrazone groups is 1. The number of aliphatic hydroxyl groups is 1. The first kappa shape index (κ1) is 6.35. The van der Waals surface area contributed by atoms with Crippen LogP contribution < -0.4 is 0 Å². The Hall–Kier alpha value is -0.770. The van der Waals surface area contributed by atoms with Crippen molar-refractivity contribution < 1.29 is 5.11 Å². The number of nitrogens with zero attached hydrogens (tertiary/aromatic N) is 3. The Balaban J connectivity index is 2.51. The fourth-order valence-electron chi connectivity index (χ4n) is 0.727. The molecule has 0 fully saturated rings. The molecule has 1 rings (SSSR count). The van der Waals surface area contributed by atoms with Crippen molar-refractivity contribution in [3.05, 3.63) is 0 Å². The summed E-state index contributed by atoms with van der Waals surface area (Å²) in [6.07, 6.45) is 1.07. The summed E-state index contributed by atoms with van der Waals surface area (Å²) in [6.45, 7) is 2.75. The van der Waals surface area contributed by atoms with Gasteiger partial charge in [-0.25, -0.2) is 0 Å². The highest BCUT2D eigenvalue weighted by Gasteiger charge is 2.19. The van der Waals surface area contributed by atoms with Crippen molar-refractivity contribution in [2.24, 2.45) is 5.10 Å². The van der Waals surface area contributed by atoms with Gasteiger partial charge in [-0.3, -0.25) is 5.01 Å². The smallest absolute Gasteiger partial charge is 0.223 e. The van der Waals surface area contributed by atoms with E-state index in [-0.39, 0.29) is 0 Å². The average Bonchev–Trinajstić information content (AvgIpc) is 2.15. The van der Waals surface area contributed by atoms with E-state index in [9.17, 15) is 5.11 Å². The SMILES string of the molecule is CCN1C=NN(C)C1O. The number of aliphatic hydroxyl groups excluding tert-OH is 1. The van der Waals surface area contributed by atoms with Gasteiger partial charge in [-0.15, -0.1) is 0 Å². The zero-order valence-corrected chi connectivity index (χ0v) is 5.65. The molecule has 4 heteroatoms. The highest BCUT2D eigenvalue weighted by atomic mass is 16.3. The zero-order valence-electron chi connectivity index (χ0n) is 5.65. The van der Waals surface area contributed by atoms with Crippen LogP contribution in [0, 0.1) is 0 Å². The molecule has 1 aliphatic rings.